The van der Waals surface area contributed by atoms with Crippen molar-refractivity contribution in [1.82, 2.24) is 0 Å². The molecule has 0 spiro atoms. The topological polar surface area (TPSA) is 0 Å². The molecular weight excluding hydrogens is 259 g/mol. The van der Waals surface area contributed by atoms with Gasteiger partial charge in [-0.3, -0.25) is 0 Å². The van der Waals surface area contributed by atoms with Crippen LogP contribution in [0.3, 0.4) is 0 Å². The first-order chi connectivity index (χ1) is 6.68. The lowest BCUT2D eigenvalue weighted by molar-refractivity contribution is 1.69. The first-order valence-corrected chi connectivity index (χ1v) is 5.88. The number of hydrogen-bond donors (Lipinski definition) is 0. The van der Waals surface area contributed by atoms with Gasteiger partial charge in [0.1, 0.15) is 0 Å². The molecule has 0 nitrogen and oxygen atoms in total. The molecule has 0 radical (unpaired) electrons. The highest BCUT2D eigenvalue weighted by atomic mass is 35.5. The van der Waals surface area contributed by atoms with Crippen LogP contribution in [-0.2, 0) is 0 Å². The van der Waals surface area contributed by atoms with E-state index < -0.39 is 0 Å². The Hall–Kier alpha value is -0.210. The van der Waals surface area contributed by atoms with Crippen molar-refractivity contribution in [3.63, 3.8) is 0 Å². The first-order valence-electron chi connectivity index (χ1n) is 3.87. The molecule has 0 aliphatic rings. The van der Waals surface area contributed by atoms with Crippen LogP contribution in [0, 0.1) is 0 Å². The van der Waals surface area contributed by atoms with Crippen molar-refractivity contribution in [1.29, 1.82) is 0 Å². The van der Waals surface area contributed by atoms with Gasteiger partial charge in [0.2, 0.25) is 0 Å². The van der Waals surface area contributed by atoms with Gasteiger partial charge in [0.25, 0.3) is 0 Å². The fraction of sp³-hybridized carbons (Fsp3) is 0. The lowest BCUT2D eigenvalue weighted by atomic mass is 10.2. The molecule has 2 rings (SSSR count). The van der Waals surface area contributed by atoms with Gasteiger partial charge in [0.05, 0.1) is 15.1 Å². The molecule has 0 N–H and O–H groups in total. The van der Waals surface area contributed by atoms with Gasteiger partial charge in [0.15, 0.2) is 0 Å². The second-order valence-electron chi connectivity index (χ2n) is 2.73. The monoisotopic (exact) mass is 262 g/mol. The first kappa shape index (κ1) is 10.3. The Kier molecular flexibility index (Phi) is 3.03. The number of hydrogen-bond acceptors (Lipinski definition) is 1. The summed E-state index contributed by atoms with van der Waals surface area (Å²) < 4.78 is 0. The number of thiophene rings is 1. The largest absolute Gasteiger partial charge is 0.142 e. The van der Waals surface area contributed by atoms with Gasteiger partial charge in [-0.1, -0.05) is 40.9 Å². The van der Waals surface area contributed by atoms with Crippen molar-refractivity contribution >= 4 is 46.1 Å². The third-order valence-corrected chi connectivity index (χ3v) is 3.70. The highest BCUT2D eigenvalue weighted by molar-refractivity contribution is 7.14. The summed E-state index contributed by atoms with van der Waals surface area (Å²) in [6.45, 7) is 0. The van der Waals surface area contributed by atoms with E-state index in [1.165, 1.54) is 11.3 Å². The van der Waals surface area contributed by atoms with Crippen LogP contribution in [0.2, 0.25) is 15.1 Å². The highest BCUT2D eigenvalue weighted by Gasteiger charge is 2.09. The molecule has 1 heterocycles. The summed E-state index contributed by atoms with van der Waals surface area (Å²) in [4.78, 5) is 0.991. The molecule has 0 atom stereocenters. The van der Waals surface area contributed by atoms with Gasteiger partial charge in [-0.25, -0.2) is 0 Å². The average Bonchev–Trinajstić information content (AvgIpc) is 2.51. The maximum atomic E-state index is 6.05. The minimum absolute atomic E-state index is 0.649. The Morgan fingerprint density at radius 3 is 2.14 bits per heavy atom. The van der Waals surface area contributed by atoms with E-state index in [0.29, 0.717) is 15.1 Å². The summed E-state index contributed by atoms with van der Waals surface area (Å²) >= 11 is 19.5. The quantitative estimate of drug-likeness (QED) is 0.648. The third kappa shape index (κ3) is 1.91. The third-order valence-electron chi connectivity index (χ3n) is 1.78. The number of benzene rings is 1. The van der Waals surface area contributed by atoms with Gasteiger partial charge in [-0.2, -0.15) is 0 Å². The normalized spacial score (nSPS) is 10.5. The fourth-order valence-electron chi connectivity index (χ4n) is 1.18. The minimum atomic E-state index is 0.649. The summed E-state index contributed by atoms with van der Waals surface area (Å²) in [5.41, 5.74) is 0.854. The van der Waals surface area contributed by atoms with Crippen LogP contribution in [0.1, 0.15) is 0 Å². The molecule has 14 heavy (non-hydrogen) atoms. The molecular formula is C10H5Cl3S. The average molecular weight is 264 g/mol. The number of halogens is 3. The van der Waals surface area contributed by atoms with E-state index in [4.69, 9.17) is 34.8 Å². The summed E-state index contributed by atoms with van der Waals surface area (Å²) in [5.74, 6) is 0. The molecule has 0 amide bonds. The predicted molar refractivity (Wildman–Crippen MR) is 64.8 cm³/mol. The molecule has 0 saturated carbocycles. The zero-order valence-corrected chi connectivity index (χ0v) is 10.0. The minimum Gasteiger partial charge on any atom is -0.142 e. The fourth-order valence-corrected chi connectivity index (χ4v) is 3.04. The predicted octanol–water partition coefficient (Wildman–Crippen LogP) is 5.38. The molecule has 0 bridgehead atoms. The molecule has 72 valence electrons. The van der Waals surface area contributed by atoms with Gasteiger partial charge < -0.3 is 0 Å². The van der Waals surface area contributed by atoms with E-state index in [2.05, 4.69) is 0 Å². The van der Waals surface area contributed by atoms with Crippen molar-refractivity contribution in [2.75, 3.05) is 0 Å². The molecule has 1 aromatic heterocycles. The van der Waals surface area contributed by atoms with Crippen LogP contribution in [0.5, 0.6) is 0 Å². The lowest BCUT2D eigenvalue weighted by Crippen LogP contribution is -1.76. The van der Waals surface area contributed by atoms with Crippen LogP contribution >= 0.6 is 46.1 Å². The van der Waals surface area contributed by atoms with Crippen LogP contribution in [0.4, 0.5) is 0 Å². The molecule has 0 aliphatic carbocycles. The maximum absolute atomic E-state index is 6.05. The molecule has 0 aliphatic heterocycles. The maximum Gasteiger partial charge on any atom is 0.0519 e. The number of rotatable bonds is 1. The van der Waals surface area contributed by atoms with E-state index in [1.807, 2.05) is 29.6 Å². The second kappa shape index (κ2) is 4.11. The zero-order valence-electron chi connectivity index (χ0n) is 6.93. The van der Waals surface area contributed by atoms with Crippen LogP contribution in [0.25, 0.3) is 10.4 Å². The van der Waals surface area contributed by atoms with Gasteiger partial charge in [-0.05, 0) is 18.2 Å². The zero-order chi connectivity index (χ0) is 10.1. The second-order valence-corrected chi connectivity index (χ2v) is 4.89. The smallest absolute Gasteiger partial charge is 0.0519 e. The van der Waals surface area contributed by atoms with Crippen LogP contribution in [0.15, 0.2) is 29.6 Å². The van der Waals surface area contributed by atoms with Crippen molar-refractivity contribution in [3.05, 3.63) is 44.7 Å². The van der Waals surface area contributed by atoms with E-state index in [9.17, 15) is 0 Å². The molecule has 0 unspecified atom stereocenters. The summed E-state index contributed by atoms with van der Waals surface area (Å²) in [5, 5.41) is 3.87. The summed E-state index contributed by atoms with van der Waals surface area (Å²) in [6.07, 6.45) is 0. The van der Waals surface area contributed by atoms with E-state index >= 15 is 0 Å². The molecule has 4 heteroatoms. The SMILES string of the molecule is Clc1csc(-c2c(Cl)cccc2Cl)c1. The van der Waals surface area contributed by atoms with Gasteiger partial charge in [-0.15, -0.1) is 11.3 Å². The van der Waals surface area contributed by atoms with E-state index in [-0.39, 0.29) is 0 Å². The van der Waals surface area contributed by atoms with E-state index in [1.54, 1.807) is 0 Å². The Morgan fingerprint density at radius 2 is 1.64 bits per heavy atom. The summed E-state index contributed by atoms with van der Waals surface area (Å²) in [6, 6.07) is 7.31. The highest BCUT2D eigenvalue weighted by Crippen LogP contribution is 2.38. The van der Waals surface area contributed by atoms with Crippen molar-refractivity contribution < 1.29 is 0 Å². The molecule has 0 saturated heterocycles. The van der Waals surface area contributed by atoms with Crippen molar-refractivity contribution in [2.45, 2.75) is 0 Å². The molecule has 0 fully saturated rings. The van der Waals surface area contributed by atoms with Crippen molar-refractivity contribution in [3.8, 4) is 10.4 Å². The summed E-state index contributed by atoms with van der Waals surface area (Å²) in [7, 11) is 0. The van der Waals surface area contributed by atoms with Gasteiger partial charge >= 0.3 is 0 Å². The Bertz CT molecular complexity index is 442. The lowest BCUT2D eigenvalue weighted by Gasteiger charge is -2.02. The molecule has 1 aromatic carbocycles. The van der Waals surface area contributed by atoms with Crippen LogP contribution < -0.4 is 0 Å². The van der Waals surface area contributed by atoms with Crippen molar-refractivity contribution in [2.24, 2.45) is 0 Å². The van der Waals surface area contributed by atoms with Crippen LogP contribution in [-0.4, -0.2) is 0 Å². The Labute approximate surface area is 101 Å². The van der Waals surface area contributed by atoms with E-state index in [0.717, 1.165) is 10.4 Å². The van der Waals surface area contributed by atoms with Gasteiger partial charge in [0, 0.05) is 15.8 Å². The Balaban J connectivity index is 2.61. The Morgan fingerprint density at radius 1 is 1.00 bits per heavy atom. The standard InChI is InChI=1S/C10H5Cl3S/c11-6-4-9(14-5-6)10-7(12)2-1-3-8(10)13/h1-5H. The molecule has 2 aromatic rings.